The van der Waals surface area contributed by atoms with Crippen molar-refractivity contribution in [1.82, 2.24) is 4.90 Å². The third kappa shape index (κ3) is 3.91. The van der Waals surface area contributed by atoms with Gasteiger partial charge in [0.05, 0.1) is 10.5 Å². The van der Waals surface area contributed by atoms with Crippen LogP contribution >= 0.6 is 28.1 Å². The maximum Gasteiger partial charge on any atom is 0.350 e. The predicted molar refractivity (Wildman–Crippen MR) is 105 cm³/mol. The van der Waals surface area contributed by atoms with E-state index in [2.05, 4.69) is 20.8 Å². The van der Waals surface area contributed by atoms with Gasteiger partial charge < -0.3 is 9.64 Å². The molecule has 26 heavy (non-hydrogen) atoms. The largest absolute Gasteiger partial charge is 0.422 e. The molecule has 2 aromatic rings. The molecule has 1 aliphatic rings. The number of carbonyl (C=O) groups excluding carboxylic acids is 1. The summed E-state index contributed by atoms with van der Waals surface area (Å²) in [5.74, 6) is -0.502. The molecule has 0 saturated carbocycles. The molecule has 1 fully saturated rings. The number of likely N-dealkylation sites (tertiary alicyclic amines) is 1. The number of carbonyl (C=O) groups is 1. The van der Waals surface area contributed by atoms with E-state index >= 15 is 0 Å². The fraction of sp³-hybridized carbons (Fsp3) is 0.222. The Morgan fingerprint density at radius 2 is 1.85 bits per heavy atom. The van der Waals surface area contributed by atoms with Crippen molar-refractivity contribution in [2.45, 2.75) is 12.8 Å². The molecule has 0 spiro atoms. The number of benzene rings is 2. The summed E-state index contributed by atoms with van der Waals surface area (Å²) in [4.78, 5) is 25.7. The molecule has 0 aromatic heterocycles. The number of nitrogens with zero attached hydrogens (tertiary/aromatic N) is 2. The highest BCUT2D eigenvalue weighted by molar-refractivity contribution is 9.10. The van der Waals surface area contributed by atoms with Crippen LogP contribution < -0.4 is 4.74 Å². The quantitative estimate of drug-likeness (QED) is 0.234. The molecule has 0 N–H and O–H groups in total. The highest BCUT2D eigenvalue weighted by Gasteiger charge is 2.24. The summed E-state index contributed by atoms with van der Waals surface area (Å²) < 4.78 is 6.28. The molecule has 134 valence electrons. The summed E-state index contributed by atoms with van der Waals surface area (Å²) in [5, 5.41) is 11.1. The van der Waals surface area contributed by atoms with Gasteiger partial charge in [-0.3, -0.25) is 10.1 Å². The Morgan fingerprint density at radius 3 is 2.54 bits per heavy atom. The Balaban J connectivity index is 1.92. The minimum Gasteiger partial charge on any atom is -0.422 e. The smallest absolute Gasteiger partial charge is 0.350 e. The summed E-state index contributed by atoms with van der Waals surface area (Å²) in [6.45, 7) is 1.73. The number of hydrogen-bond acceptors (Lipinski definition) is 5. The second kappa shape index (κ2) is 7.92. The standard InChI is InChI=1S/C18H15BrN2O4S/c19-12-7-8-16(14(11-12)17(26)20-9-3-4-10-20)25-18(22)13-5-1-2-6-15(13)21(23)24/h1-2,5-8,11H,3-4,9-10H2. The van der Waals surface area contributed by atoms with Crippen LogP contribution in [0.15, 0.2) is 46.9 Å². The average Bonchev–Trinajstić information content (AvgIpc) is 3.17. The van der Waals surface area contributed by atoms with Crippen LogP contribution in [-0.2, 0) is 0 Å². The average molecular weight is 435 g/mol. The van der Waals surface area contributed by atoms with Crippen molar-refractivity contribution in [3.05, 3.63) is 68.2 Å². The second-order valence-electron chi connectivity index (χ2n) is 5.80. The monoisotopic (exact) mass is 434 g/mol. The highest BCUT2D eigenvalue weighted by atomic mass is 79.9. The van der Waals surface area contributed by atoms with Crippen LogP contribution in [0.25, 0.3) is 0 Å². The maximum atomic E-state index is 12.5. The zero-order chi connectivity index (χ0) is 18.7. The number of nitro benzene ring substituents is 1. The second-order valence-corrected chi connectivity index (χ2v) is 7.11. The molecule has 0 radical (unpaired) electrons. The van der Waals surface area contributed by atoms with Gasteiger partial charge in [0.2, 0.25) is 0 Å². The Kier molecular flexibility index (Phi) is 5.63. The van der Waals surface area contributed by atoms with E-state index in [1.165, 1.54) is 18.2 Å². The van der Waals surface area contributed by atoms with Crippen molar-refractivity contribution in [3.8, 4) is 5.75 Å². The lowest BCUT2D eigenvalue weighted by Gasteiger charge is -2.20. The van der Waals surface area contributed by atoms with Crippen LogP contribution in [0.4, 0.5) is 5.69 Å². The fourth-order valence-electron chi connectivity index (χ4n) is 2.81. The van der Waals surface area contributed by atoms with Crippen LogP contribution in [0.3, 0.4) is 0 Å². The van der Waals surface area contributed by atoms with Gasteiger partial charge in [0.15, 0.2) is 0 Å². The lowest BCUT2D eigenvalue weighted by atomic mass is 10.1. The third-order valence-corrected chi connectivity index (χ3v) is 5.06. The molecule has 0 unspecified atom stereocenters. The van der Waals surface area contributed by atoms with Gasteiger partial charge in [0.25, 0.3) is 5.69 Å². The van der Waals surface area contributed by atoms with E-state index in [9.17, 15) is 14.9 Å². The molecule has 0 bridgehead atoms. The Morgan fingerprint density at radius 1 is 1.15 bits per heavy atom. The number of para-hydroxylation sites is 1. The minimum absolute atomic E-state index is 0.0986. The van der Waals surface area contributed by atoms with E-state index in [0.717, 1.165) is 30.4 Å². The Labute approximate surface area is 164 Å². The summed E-state index contributed by atoms with van der Waals surface area (Å²) in [6.07, 6.45) is 2.14. The first-order chi connectivity index (χ1) is 12.5. The van der Waals surface area contributed by atoms with Crippen molar-refractivity contribution in [3.63, 3.8) is 0 Å². The molecular weight excluding hydrogens is 420 g/mol. The van der Waals surface area contributed by atoms with Gasteiger partial charge in [0.1, 0.15) is 16.3 Å². The van der Waals surface area contributed by atoms with Gasteiger partial charge in [-0.05, 0) is 37.1 Å². The topological polar surface area (TPSA) is 72.7 Å². The van der Waals surface area contributed by atoms with Crippen molar-refractivity contribution in [2.75, 3.05) is 13.1 Å². The highest BCUT2D eigenvalue weighted by Crippen LogP contribution is 2.28. The molecule has 3 rings (SSSR count). The first-order valence-electron chi connectivity index (χ1n) is 8.02. The van der Waals surface area contributed by atoms with Crippen molar-refractivity contribution in [1.29, 1.82) is 0 Å². The number of nitro groups is 1. The van der Waals surface area contributed by atoms with E-state index < -0.39 is 10.9 Å². The van der Waals surface area contributed by atoms with Crippen molar-refractivity contribution >= 4 is 44.8 Å². The Hall–Kier alpha value is -2.32. The number of hydrogen-bond donors (Lipinski definition) is 0. The fourth-order valence-corrected chi connectivity index (χ4v) is 3.51. The molecular formula is C18H15BrN2O4S. The van der Waals surface area contributed by atoms with Gasteiger partial charge >= 0.3 is 5.97 Å². The molecule has 8 heteroatoms. The first kappa shape index (κ1) is 18.5. The molecule has 0 atom stereocenters. The lowest BCUT2D eigenvalue weighted by Crippen LogP contribution is -2.27. The number of esters is 1. The first-order valence-corrected chi connectivity index (χ1v) is 9.22. The van der Waals surface area contributed by atoms with Crippen molar-refractivity contribution < 1.29 is 14.5 Å². The summed E-state index contributed by atoms with van der Waals surface area (Å²) >= 11 is 8.98. The number of rotatable bonds is 4. The third-order valence-electron chi connectivity index (χ3n) is 4.09. The van der Waals surface area contributed by atoms with E-state index in [1.54, 1.807) is 24.3 Å². The summed E-state index contributed by atoms with van der Waals surface area (Å²) in [7, 11) is 0. The SMILES string of the molecule is O=C(Oc1ccc(Br)cc1C(=S)N1CCCC1)c1ccccc1[N+](=O)[O-]. The minimum atomic E-state index is -0.787. The summed E-state index contributed by atoms with van der Waals surface area (Å²) in [6, 6.07) is 10.9. The molecule has 0 amide bonds. The van der Waals surface area contributed by atoms with Crippen LogP contribution in [0.1, 0.15) is 28.8 Å². The van der Waals surface area contributed by atoms with Crippen LogP contribution in [0, 0.1) is 10.1 Å². The molecule has 0 aliphatic carbocycles. The molecule has 1 saturated heterocycles. The summed E-state index contributed by atoms with van der Waals surface area (Å²) in [5.41, 5.74) is 0.222. The normalized spacial score (nSPS) is 13.5. The lowest BCUT2D eigenvalue weighted by molar-refractivity contribution is -0.385. The van der Waals surface area contributed by atoms with E-state index in [-0.39, 0.29) is 17.0 Å². The van der Waals surface area contributed by atoms with Crippen LogP contribution in [0.2, 0.25) is 0 Å². The number of thiocarbonyl (C=S) groups is 1. The molecule has 6 nitrogen and oxygen atoms in total. The zero-order valence-corrected chi connectivity index (χ0v) is 16.1. The van der Waals surface area contributed by atoms with E-state index in [0.29, 0.717) is 10.6 Å². The number of halogens is 1. The van der Waals surface area contributed by atoms with Gasteiger partial charge in [0, 0.05) is 23.6 Å². The van der Waals surface area contributed by atoms with Crippen LogP contribution in [-0.4, -0.2) is 33.9 Å². The van der Waals surface area contributed by atoms with Crippen molar-refractivity contribution in [2.24, 2.45) is 0 Å². The van der Waals surface area contributed by atoms with Gasteiger partial charge in [-0.15, -0.1) is 0 Å². The van der Waals surface area contributed by atoms with E-state index in [4.69, 9.17) is 17.0 Å². The van der Waals surface area contributed by atoms with Gasteiger partial charge in [-0.25, -0.2) is 4.79 Å². The molecule has 1 aliphatic heterocycles. The molecule has 2 aromatic carbocycles. The van der Waals surface area contributed by atoms with E-state index in [1.807, 2.05) is 0 Å². The predicted octanol–water partition coefficient (Wildman–Crippen LogP) is 4.35. The maximum absolute atomic E-state index is 12.5. The number of ether oxygens (including phenoxy) is 1. The zero-order valence-electron chi connectivity index (χ0n) is 13.7. The van der Waals surface area contributed by atoms with Gasteiger partial charge in [-0.2, -0.15) is 0 Å². The van der Waals surface area contributed by atoms with Gasteiger partial charge in [-0.1, -0.05) is 40.3 Å². The molecule has 1 heterocycles. The van der Waals surface area contributed by atoms with Crippen LogP contribution in [0.5, 0.6) is 5.75 Å². The Bertz CT molecular complexity index is 881.